The summed E-state index contributed by atoms with van der Waals surface area (Å²) in [5.74, 6) is 1.05. The highest BCUT2D eigenvalue weighted by Crippen LogP contribution is 2.20. The molecule has 3 nitrogen and oxygen atoms in total. The van der Waals surface area contributed by atoms with E-state index in [0.717, 1.165) is 38.0 Å². The third kappa shape index (κ3) is 3.86. The Hall–Kier alpha value is -1.32. The fourth-order valence-electron chi connectivity index (χ4n) is 1.98. The highest BCUT2D eigenvalue weighted by Gasteiger charge is 2.21. The summed E-state index contributed by atoms with van der Waals surface area (Å²) in [6.45, 7) is 11.0. The number of nitrogens with zero attached hydrogens (tertiary/aromatic N) is 1. The highest BCUT2D eigenvalue weighted by molar-refractivity contribution is 5.17. The Kier molecular flexibility index (Phi) is 4.79. The first-order valence-electron chi connectivity index (χ1n) is 6.56. The Morgan fingerprint density at radius 3 is 2.67 bits per heavy atom. The summed E-state index contributed by atoms with van der Waals surface area (Å²) in [6, 6.07) is 2.79. The zero-order chi connectivity index (χ0) is 12.8. The number of hydrogen-bond acceptors (Lipinski definition) is 3. The standard InChI is InChI=1S/C15H22N2O/c1-3-8-17(9-4-2)12-15-13(7-10-18-15)11-16-14-5-6-14/h3-4,7,10,14,16H,1-2,5-6,8-9,11-12H2. The SMILES string of the molecule is C=CCN(CC=C)Cc1occc1CNC1CC1. The first-order chi connectivity index (χ1) is 8.83. The molecule has 1 saturated carbocycles. The van der Waals surface area contributed by atoms with Crippen LogP contribution in [-0.4, -0.2) is 24.0 Å². The van der Waals surface area contributed by atoms with E-state index in [1.807, 2.05) is 12.2 Å². The summed E-state index contributed by atoms with van der Waals surface area (Å²) in [7, 11) is 0. The molecule has 0 bridgehead atoms. The first-order valence-corrected chi connectivity index (χ1v) is 6.56. The van der Waals surface area contributed by atoms with E-state index in [-0.39, 0.29) is 0 Å². The largest absolute Gasteiger partial charge is 0.468 e. The zero-order valence-electron chi connectivity index (χ0n) is 10.9. The van der Waals surface area contributed by atoms with E-state index < -0.39 is 0 Å². The normalized spacial score (nSPS) is 14.9. The molecule has 1 aliphatic rings. The number of hydrogen-bond donors (Lipinski definition) is 1. The van der Waals surface area contributed by atoms with E-state index in [2.05, 4.69) is 29.4 Å². The quantitative estimate of drug-likeness (QED) is 0.679. The van der Waals surface area contributed by atoms with Gasteiger partial charge in [0.25, 0.3) is 0 Å². The van der Waals surface area contributed by atoms with Crippen molar-refractivity contribution in [1.82, 2.24) is 10.2 Å². The van der Waals surface area contributed by atoms with Crippen LogP contribution >= 0.6 is 0 Å². The van der Waals surface area contributed by atoms with Gasteiger partial charge in [-0.15, -0.1) is 13.2 Å². The summed E-state index contributed by atoms with van der Waals surface area (Å²) < 4.78 is 5.59. The second kappa shape index (κ2) is 6.57. The summed E-state index contributed by atoms with van der Waals surface area (Å²) in [4.78, 5) is 2.25. The molecular formula is C15H22N2O. The average molecular weight is 246 g/mol. The monoisotopic (exact) mass is 246 g/mol. The Morgan fingerprint density at radius 2 is 2.06 bits per heavy atom. The van der Waals surface area contributed by atoms with Gasteiger partial charge in [0.15, 0.2) is 0 Å². The predicted octanol–water partition coefficient (Wildman–Crippen LogP) is 2.71. The van der Waals surface area contributed by atoms with Crippen LogP contribution in [0, 0.1) is 0 Å². The second-order valence-electron chi connectivity index (χ2n) is 4.80. The van der Waals surface area contributed by atoms with E-state index in [0.29, 0.717) is 0 Å². The molecule has 1 N–H and O–H groups in total. The molecule has 0 aromatic carbocycles. The molecule has 2 rings (SSSR count). The van der Waals surface area contributed by atoms with Crippen LogP contribution in [0.15, 0.2) is 42.1 Å². The molecule has 0 atom stereocenters. The van der Waals surface area contributed by atoms with E-state index in [4.69, 9.17) is 4.42 Å². The summed E-state index contributed by atoms with van der Waals surface area (Å²) in [5.41, 5.74) is 1.26. The predicted molar refractivity (Wildman–Crippen MR) is 74.2 cm³/mol. The van der Waals surface area contributed by atoms with Crippen LogP contribution in [0.2, 0.25) is 0 Å². The molecule has 1 aromatic rings. The Morgan fingerprint density at radius 1 is 1.33 bits per heavy atom. The van der Waals surface area contributed by atoms with Crippen molar-refractivity contribution in [2.24, 2.45) is 0 Å². The fourth-order valence-corrected chi connectivity index (χ4v) is 1.98. The molecule has 0 aliphatic heterocycles. The lowest BCUT2D eigenvalue weighted by Crippen LogP contribution is -2.24. The van der Waals surface area contributed by atoms with Crippen LogP contribution in [0.4, 0.5) is 0 Å². The van der Waals surface area contributed by atoms with Gasteiger partial charge in [0.05, 0.1) is 12.8 Å². The topological polar surface area (TPSA) is 28.4 Å². The Bertz CT molecular complexity index is 383. The van der Waals surface area contributed by atoms with Crippen molar-refractivity contribution < 1.29 is 4.42 Å². The molecule has 1 aliphatic carbocycles. The van der Waals surface area contributed by atoms with Gasteiger partial charge < -0.3 is 9.73 Å². The highest BCUT2D eigenvalue weighted by atomic mass is 16.3. The van der Waals surface area contributed by atoms with Crippen LogP contribution in [0.5, 0.6) is 0 Å². The van der Waals surface area contributed by atoms with Crippen molar-refractivity contribution in [2.75, 3.05) is 13.1 Å². The number of nitrogens with one attached hydrogen (secondary N) is 1. The lowest BCUT2D eigenvalue weighted by atomic mass is 10.2. The lowest BCUT2D eigenvalue weighted by molar-refractivity contribution is 0.292. The molecule has 1 fully saturated rings. The zero-order valence-corrected chi connectivity index (χ0v) is 10.9. The van der Waals surface area contributed by atoms with Crippen LogP contribution in [-0.2, 0) is 13.1 Å². The third-order valence-electron chi connectivity index (χ3n) is 3.14. The molecule has 0 radical (unpaired) electrons. The first kappa shape index (κ1) is 13.1. The number of rotatable bonds is 9. The maximum atomic E-state index is 5.59. The van der Waals surface area contributed by atoms with Crippen LogP contribution in [0.25, 0.3) is 0 Å². The van der Waals surface area contributed by atoms with Gasteiger partial charge in [0, 0.05) is 31.2 Å². The molecule has 0 unspecified atom stereocenters. The van der Waals surface area contributed by atoms with Crippen molar-refractivity contribution in [2.45, 2.75) is 32.0 Å². The van der Waals surface area contributed by atoms with Gasteiger partial charge in [0.2, 0.25) is 0 Å². The molecule has 0 spiro atoms. The molecule has 1 heterocycles. The minimum absolute atomic E-state index is 0.727. The van der Waals surface area contributed by atoms with Crippen molar-refractivity contribution >= 4 is 0 Å². The third-order valence-corrected chi connectivity index (χ3v) is 3.14. The van der Waals surface area contributed by atoms with Gasteiger partial charge in [0.1, 0.15) is 5.76 Å². The number of furan rings is 1. The maximum absolute atomic E-state index is 5.59. The van der Waals surface area contributed by atoms with Crippen molar-refractivity contribution in [3.05, 3.63) is 49.0 Å². The van der Waals surface area contributed by atoms with Crippen molar-refractivity contribution in [3.63, 3.8) is 0 Å². The van der Waals surface area contributed by atoms with E-state index >= 15 is 0 Å². The fraction of sp³-hybridized carbons (Fsp3) is 0.467. The average Bonchev–Trinajstić information content (AvgIpc) is 3.09. The summed E-state index contributed by atoms with van der Waals surface area (Å²) in [6.07, 6.45) is 8.22. The molecular weight excluding hydrogens is 224 g/mol. The molecule has 0 amide bonds. The second-order valence-corrected chi connectivity index (χ2v) is 4.80. The van der Waals surface area contributed by atoms with E-state index in [1.165, 1.54) is 18.4 Å². The van der Waals surface area contributed by atoms with Crippen LogP contribution < -0.4 is 5.32 Å². The molecule has 3 heteroatoms. The van der Waals surface area contributed by atoms with E-state index in [1.54, 1.807) is 6.26 Å². The van der Waals surface area contributed by atoms with Crippen LogP contribution in [0.3, 0.4) is 0 Å². The van der Waals surface area contributed by atoms with Gasteiger partial charge in [-0.3, -0.25) is 4.90 Å². The Labute approximate surface area is 109 Å². The minimum Gasteiger partial charge on any atom is -0.468 e. The lowest BCUT2D eigenvalue weighted by Gasteiger charge is -2.18. The van der Waals surface area contributed by atoms with Gasteiger partial charge in [-0.05, 0) is 18.9 Å². The Balaban J connectivity index is 1.91. The summed E-state index contributed by atoms with van der Waals surface area (Å²) in [5, 5.41) is 3.52. The summed E-state index contributed by atoms with van der Waals surface area (Å²) >= 11 is 0. The van der Waals surface area contributed by atoms with Crippen molar-refractivity contribution in [3.8, 4) is 0 Å². The molecule has 1 aromatic heterocycles. The van der Waals surface area contributed by atoms with Gasteiger partial charge in [-0.1, -0.05) is 12.2 Å². The maximum Gasteiger partial charge on any atom is 0.122 e. The smallest absolute Gasteiger partial charge is 0.122 e. The minimum atomic E-state index is 0.727. The van der Waals surface area contributed by atoms with Gasteiger partial charge >= 0.3 is 0 Å². The van der Waals surface area contributed by atoms with Crippen molar-refractivity contribution in [1.29, 1.82) is 0 Å². The molecule has 18 heavy (non-hydrogen) atoms. The molecule has 0 saturated heterocycles. The van der Waals surface area contributed by atoms with Gasteiger partial charge in [-0.2, -0.15) is 0 Å². The molecule has 98 valence electrons. The van der Waals surface area contributed by atoms with E-state index in [9.17, 15) is 0 Å². The van der Waals surface area contributed by atoms with Gasteiger partial charge in [-0.25, -0.2) is 0 Å². The van der Waals surface area contributed by atoms with Crippen LogP contribution in [0.1, 0.15) is 24.2 Å².